The zero-order chi connectivity index (χ0) is 18.9. The molecule has 2 aliphatic rings. The summed E-state index contributed by atoms with van der Waals surface area (Å²) >= 11 is 0. The monoisotopic (exact) mass is 372 g/mol. The number of hydrogen-bond acceptors (Lipinski definition) is 5. The molecular formula is C23H24N4O. The van der Waals surface area contributed by atoms with Crippen molar-refractivity contribution in [1.82, 2.24) is 15.0 Å². The van der Waals surface area contributed by atoms with E-state index in [-0.39, 0.29) is 6.10 Å². The molecule has 0 saturated heterocycles. The average molecular weight is 372 g/mol. The Morgan fingerprint density at radius 3 is 2.89 bits per heavy atom. The second-order valence-electron chi connectivity index (χ2n) is 7.58. The predicted octanol–water partition coefficient (Wildman–Crippen LogP) is 3.78. The Hall–Kier alpha value is -2.79. The van der Waals surface area contributed by atoms with Gasteiger partial charge in [0.1, 0.15) is 11.9 Å². The lowest BCUT2D eigenvalue weighted by Crippen LogP contribution is -2.30. The lowest BCUT2D eigenvalue weighted by molar-refractivity contribution is 0.0477. The fraction of sp³-hybridized carbons (Fsp3) is 0.348. The molecule has 2 aromatic heterocycles. The summed E-state index contributed by atoms with van der Waals surface area (Å²) < 4.78 is 6.14. The number of aromatic nitrogens is 3. The molecule has 142 valence electrons. The third kappa shape index (κ3) is 3.16. The fourth-order valence-electron chi connectivity index (χ4n) is 4.32. The molecule has 0 saturated carbocycles. The van der Waals surface area contributed by atoms with Gasteiger partial charge >= 0.3 is 0 Å². The van der Waals surface area contributed by atoms with Crippen LogP contribution in [0.2, 0.25) is 0 Å². The number of rotatable bonds is 4. The van der Waals surface area contributed by atoms with Gasteiger partial charge in [0.25, 0.3) is 0 Å². The smallest absolute Gasteiger partial charge is 0.163 e. The Kier molecular flexibility index (Phi) is 4.53. The Morgan fingerprint density at radius 1 is 1.07 bits per heavy atom. The Labute approximate surface area is 165 Å². The van der Waals surface area contributed by atoms with Crippen LogP contribution in [-0.4, -0.2) is 35.2 Å². The van der Waals surface area contributed by atoms with Gasteiger partial charge in [0.2, 0.25) is 0 Å². The number of hydrogen-bond donors (Lipinski definition) is 0. The second-order valence-corrected chi connectivity index (χ2v) is 7.58. The Morgan fingerprint density at radius 2 is 2.00 bits per heavy atom. The van der Waals surface area contributed by atoms with Crippen molar-refractivity contribution in [1.29, 1.82) is 0 Å². The first-order valence-electron chi connectivity index (χ1n) is 10.0. The van der Waals surface area contributed by atoms with Crippen LogP contribution in [0, 0.1) is 0 Å². The minimum absolute atomic E-state index is 0.0730. The van der Waals surface area contributed by atoms with E-state index < -0.39 is 0 Å². The summed E-state index contributed by atoms with van der Waals surface area (Å²) in [5, 5.41) is 0. The van der Waals surface area contributed by atoms with Crippen molar-refractivity contribution < 1.29 is 4.74 Å². The van der Waals surface area contributed by atoms with Crippen molar-refractivity contribution in [3.63, 3.8) is 0 Å². The predicted molar refractivity (Wildman–Crippen MR) is 109 cm³/mol. The molecule has 5 rings (SSSR count). The largest absolute Gasteiger partial charge is 0.371 e. The first-order valence-corrected chi connectivity index (χ1v) is 10.0. The molecule has 0 fully saturated rings. The molecular weight excluding hydrogens is 348 g/mol. The number of nitrogens with zero attached hydrogens (tertiary/aromatic N) is 4. The minimum Gasteiger partial charge on any atom is -0.371 e. The summed E-state index contributed by atoms with van der Waals surface area (Å²) in [5.74, 6) is 1.80. The van der Waals surface area contributed by atoms with Crippen LogP contribution in [0.3, 0.4) is 0 Å². The van der Waals surface area contributed by atoms with Gasteiger partial charge in [-0.15, -0.1) is 0 Å². The van der Waals surface area contributed by atoms with Gasteiger partial charge in [0.15, 0.2) is 5.82 Å². The number of ether oxygens (including phenoxy) is 1. The fourth-order valence-corrected chi connectivity index (χ4v) is 4.32. The quantitative estimate of drug-likeness (QED) is 0.698. The minimum atomic E-state index is 0.0730. The maximum Gasteiger partial charge on any atom is 0.163 e. The molecule has 1 aromatic carbocycles. The second kappa shape index (κ2) is 7.32. The zero-order valence-electron chi connectivity index (χ0n) is 16.1. The SMILES string of the molecule is CN(CC1OCCc2ccccc21)c1nc(-c2cccnc2)nc2c1CCC2. The maximum atomic E-state index is 6.14. The standard InChI is InChI=1S/C23H24N4O/c1-27(15-21-18-8-3-2-6-16(18)11-13-28-21)23-19-9-4-10-20(19)25-22(26-23)17-7-5-12-24-14-17/h2-3,5-8,12,14,21H,4,9-11,13,15H2,1H3. The molecule has 0 N–H and O–H groups in total. The van der Waals surface area contributed by atoms with Crippen LogP contribution in [-0.2, 0) is 24.0 Å². The van der Waals surface area contributed by atoms with Crippen LogP contribution in [0.4, 0.5) is 5.82 Å². The molecule has 0 bridgehead atoms. The van der Waals surface area contributed by atoms with Crippen molar-refractivity contribution in [2.45, 2.75) is 31.8 Å². The van der Waals surface area contributed by atoms with E-state index in [1.807, 2.05) is 18.3 Å². The molecule has 1 atom stereocenters. The molecule has 0 amide bonds. The summed E-state index contributed by atoms with van der Waals surface area (Å²) in [4.78, 5) is 16.3. The van der Waals surface area contributed by atoms with Crippen LogP contribution in [0.15, 0.2) is 48.8 Å². The molecule has 1 aliphatic carbocycles. The molecule has 0 spiro atoms. The van der Waals surface area contributed by atoms with Crippen LogP contribution >= 0.6 is 0 Å². The number of pyridine rings is 1. The summed E-state index contributed by atoms with van der Waals surface area (Å²) in [6.45, 7) is 1.56. The number of anilines is 1. The van der Waals surface area contributed by atoms with Gasteiger partial charge in [-0.05, 0) is 48.9 Å². The molecule has 5 heteroatoms. The van der Waals surface area contributed by atoms with E-state index in [2.05, 4.69) is 41.2 Å². The van der Waals surface area contributed by atoms with Gasteiger partial charge in [-0.3, -0.25) is 4.98 Å². The van der Waals surface area contributed by atoms with Crippen LogP contribution in [0.1, 0.15) is 34.9 Å². The van der Waals surface area contributed by atoms with Crippen LogP contribution < -0.4 is 4.90 Å². The van der Waals surface area contributed by atoms with Gasteiger partial charge in [0, 0.05) is 42.8 Å². The number of benzene rings is 1. The Balaban J connectivity index is 1.48. The van der Waals surface area contributed by atoms with Crippen LogP contribution in [0.5, 0.6) is 0 Å². The third-order valence-electron chi connectivity index (χ3n) is 5.72. The highest BCUT2D eigenvalue weighted by Gasteiger charge is 2.26. The number of aryl methyl sites for hydroxylation is 1. The number of likely N-dealkylation sites (N-methyl/N-ethyl adjacent to an activating group) is 1. The highest BCUT2D eigenvalue weighted by molar-refractivity contribution is 5.60. The van der Waals surface area contributed by atoms with E-state index in [9.17, 15) is 0 Å². The first kappa shape index (κ1) is 17.3. The van der Waals surface area contributed by atoms with Gasteiger partial charge < -0.3 is 9.64 Å². The summed E-state index contributed by atoms with van der Waals surface area (Å²) in [7, 11) is 2.12. The van der Waals surface area contributed by atoms with E-state index in [1.54, 1.807) is 6.20 Å². The van der Waals surface area contributed by atoms with Crippen molar-refractivity contribution >= 4 is 5.82 Å². The van der Waals surface area contributed by atoms with E-state index in [0.717, 1.165) is 56.0 Å². The van der Waals surface area contributed by atoms with E-state index in [0.29, 0.717) is 0 Å². The molecule has 28 heavy (non-hydrogen) atoms. The van der Waals surface area contributed by atoms with Crippen molar-refractivity contribution in [3.05, 3.63) is 71.2 Å². The molecule has 3 aromatic rings. The molecule has 1 aliphatic heterocycles. The van der Waals surface area contributed by atoms with E-state index in [1.165, 1.54) is 22.4 Å². The zero-order valence-corrected chi connectivity index (χ0v) is 16.1. The molecule has 1 unspecified atom stereocenters. The Bertz CT molecular complexity index is 989. The van der Waals surface area contributed by atoms with Gasteiger partial charge in [0.05, 0.1) is 6.61 Å². The highest BCUT2D eigenvalue weighted by Crippen LogP contribution is 2.33. The van der Waals surface area contributed by atoms with E-state index in [4.69, 9.17) is 14.7 Å². The van der Waals surface area contributed by atoms with Crippen molar-refractivity contribution in [2.75, 3.05) is 25.1 Å². The van der Waals surface area contributed by atoms with E-state index >= 15 is 0 Å². The summed E-state index contributed by atoms with van der Waals surface area (Å²) in [6.07, 6.45) is 7.89. The topological polar surface area (TPSA) is 51.1 Å². The molecule has 3 heterocycles. The molecule has 5 nitrogen and oxygen atoms in total. The number of fused-ring (bicyclic) bond motifs is 2. The average Bonchev–Trinajstić information content (AvgIpc) is 3.22. The highest BCUT2D eigenvalue weighted by atomic mass is 16.5. The first-order chi connectivity index (χ1) is 13.8. The lowest BCUT2D eigenvalue weighted by Gasteiger charge is -2.31. The van der Waals surface area contributed by atoms with Gasteiger partial charge in [-0.25, -0.2) is 9.97 Å². The lowest BCUT2D eigenvalue weighted by atomic mass is 9.97. The van der Waals surface area contributed by atoms with Crippen LogP contribution in [0.25, 0.3) is 11.4 Å². The third-order valence-corrected chi connectivity index (χ3v) is 5.72. The maximum absolute atomic E-state index is 6.14. The van der Waals surface area contributed by atoms with Gasteiger partial charge in [-0.1, -0.05) is 24.3 Å². The summed E-state index contributed by atoms with van der Waals surface area (Å²) in [5.41, 5.74) is 6.14. The van der Waals surface area contributed by atoms with Crippen molar-refractivity contribution in [2.24, 2.45) is 0 Å². The summed E-state index contributed by atoms with van der Waals surface area (Å²) in [6, 6.07) is 12.6. The normalized spacial score (nSPS) is 17.8. The van der Waals surface area contributed by atoms with Crippen molar-refractivity contribution in [3.8, 4) is 11.4 Å². The van der Waals surface area contributed by atoms with Gasteiger partial charge in [-0.2, -0.15) is 0 Å². The molecule has 0 radical (unpaired) electrons.